The van der Waals surface area contributed by atoms with Gasteiger partial charge in [-0.1, -0.05) is 79.7 Å². The van der Waals surface area contributed by atoms with Gasteiger partial charge in [-0.3, -0.25) is 0 Å². The molecule has 0 aliphatic rings. The van der Waals surface area contributed by atoms with Crippen LogP contribution in [-0.4, -0.2) is 13.2 Å². The molecule has 0 saturated carbocycles. The Morgan fingerprint density at radius 1 is 0.750 bits per heavy atom. The fourth-order valence-corrected chi connectivity index (χ4v) is 3.44. The topological polar surface area (TPSA) is 21.3 Å². The summed E-state index contributed by atoms with van der Waals surface area (Å²) >= 11 is 0. The largest absolute Gasteiger partial charge is 0.493 e. The van der Waals surface area contributed by atoms with Crippen LogP contribution < -0.4 is 10.1 Å². The zero-order valence-electron chi connectivity index (χ0n) is 16.8. The molecular formula is C26H31NO. The maximum atomic E-state index is 5.91. The third-order valence-corrected chi connectivity index (χ3v) is 5.07. The van der Waals surface area contributed by atoms with Gasteiger partial charge in [0.15, 0.2) is 0 Å². The van der Waals surface area contributed by atoms with Gasteiger partial charge in [0.25, 0.3) is 0 Å². The van der Waals surface area contributed by atoms with Crippen molar-refractivity contribution >= 4 is 0 Å². The Hall–Kier alpha value is -2.58. The summed E-state index contributed by atoms with van der Waals surface area (Å²) in [5.74, 6) is 0.943. The van der Waals surface area contributed by atoms with E-state index in [1.807, 2.05) is 6.07 Å². The Balaban J connectivity index is 1.41. The van der Waals surface area contributed by atoms with Crippen LogP contribution in [0, 0.1) is 0 Å². The quantitative estimate of drug-likeness (QED) is 0.417. The van der Waals surface area contributed by atoms with Gasteiger partial charge in [-0.25, -0.2) is 0 Å². The van der Waals surface area contributed by atoms with E-state index in [4.69, 9.17) is 4.74 Å². The standard InChI is InChI=1S/C26H31NO/c1-2-26(27-20-9-14-22-10-5-3-6-11-22)24-15-17-25(18-16-24)28-21-19-23-12-7-4-8-13-23/h3-8,10-13,15-18,26-27H,2,9,14,19-21H2,1H3. The molecule has 3 aromatic rings. The second-order valence-corrected chi connectivity index (χ2v) is 7.16. The van der Waals surface area contributed by atoms with Gasteiger partial charge in [0.05, 0.1) is 6.61 Å². The lowest BCUT2D eigenvalue weighted by Gasteiger charge is -2.18. The number of aryl methyl sites for hydroxylation is 1. The van der Waals surface area contributed by atoms with Crippen molar-refractivity contribution < 1.29 is 4.74 Å². The van der Waals surface area contributed by atoms with E-state index in [0.717, 1.165) is 38.0 Å². The average Bonchev–Trinajstić information content (AvgIpc) is 2.76. The van der Waals surface area contributed by atoms with E-state index in [-0.39, 0.29) is 0 Å². The smallest absolute Gasteiger partial charge is 0.119 e. The van der Waals surface area contributed by atoms with Crippen molar-refractivity contribution in [2.45, 2.75) is 38.6 Å². The summed E-state index contributed by atoms with van der Waals surface area (Å²) in [6.45, 7) is 3.97. The molecule has 0 radical (unpaired) electrons. The molecule has 0 heterocycles. The predicted octanol–water partition coefficient (Wildman–Crippen LogP) is 5.98. The van der Waals surface area contributed by atoms with Crippen molar-refractivity contribution in [3.63, 3.8) is 0 Å². The summed E-state index contributed by atoms with van der Waals surface area (Å²) in [4.78, 5) is 0. The Morgan fingerprint density at radius 3 is 1.96 bits per heavy atom. The minimum atomic E-state index is 0.397. The summed E-state index contributed by atoms with van der Waals surface area (Å²) in [7, 11) is 0. The van der Waals surface area contributed by atoms with Crippen LogP contribution in [0.1, 0.15) is 42.5 Å². The SMILES string of the molecule is CCC(NCCCc1ccccc1)c1ccc(OCCc2ccccc2)cc1. The summed E-state index contributed by atoms with van der Waals surface area (Å²) < 4.78 is 5.91. The molecule has 0 spiro atoms. The van der Waals surface area contributed by atoms with Gasteiger partial charge >= 0.3 is 0 Å². The molecule has 1 unspecified atom stereocenters. The monoisotopic (exact) mass is 373 g/mol. The first kappa shape index (κ1) is 20.2. The fraction of sp³-hybridized carbons (Fsp3) is 0.308. The van der Waals surface area contributed by atoms with Crippen molar-refractivity contribution in [1.29, 1.82) is 0 Å². The van der Waals surface area contributed by atoms with Crippen LogP contribution >= 0.6 is 0 Å². The zero-order valence-corrected chi connectivity index (χ0v) is 16.8. The number of hydrogen-bond donors (Lipinski definition) is 1. The van der Waals surface area contributed by atoms with E-state index in [1.165, 1.54) is 16.7 Å². The molecule has 146 valence electrons. The van der Waals surface area contributed by atoms with E-state index in [1.54, 1.807) is 0 Å². The van der Waals surface area contributed by atoms with E-state index >= 15 is 0 Å². The molecule has 0 aliphatic heterocycles. The van der Waals surface area contributed by atoms with Crippen molar-refractivity contribution in [1.82, 2.24) is 5.32 Å². The fourth-order valence-electron chi connectivity index (χ4n) is 3.44. The van der Waals surface area contributed by atoms with Crippen molar-refractivity contribution in [2.75, 3.05) is 13.2 Å². The minimum absolute atomic E-state index is 0.397. The maximum absolute atomic E-state index is 5.91. The van der Waals surface area contributed by atoms with Gasteiger partial charge in [0.2, 0.25) is 0 Å². The van der Waals surface area contributed by atoms with Crippen LogP contribution in [0.15, 0.2) is 84.9 Å². The highest BCUT2D eigenvalue weighted by atomic mass is 16.5. The number of benzene rings is 3. The summed E-state index contributed by atoms with van der Waals surface area (Å²) in [5, 5.41) is 3.70. The highest BCUT2D eigenvalue weighted by molar-refractivity contribution is 5.29. The Bertz CT molecular complexity index is 784. The molecule has 1 atom stereocenters. The van der Waals surface area contributed by atoms with Gasteiger partial charge in [0.1, 0.15) is 5.75 Å². The molecule has 0 amide bonds. The molecule has 0 aliphatic carbocycles. The molecule has 0 bridgehead atoms. The van der Waals surface area contributed by atoms with Crippen LogP contribution in [-0.2, 0) is 12.8 Å². The van der Waals surface area contributed by atoms with Gasteiger partial charge in [-0.05, 0) is 54.6 Å². The second-order valence-electron chi connectivity index (χ2n) is 7.16. The maximum Gasteiger partial charge on any atom is 0.119 e. The first-order valence-corrected chi connectivity index (χ1v) is 10.4. The lowest BCUT2D eigenvalue weighted by molar-refractivity contribution is 0.321. The normalized spacial score (nSPS) is 11.9. The lowest BCUT2D eigenvalue weighted by Crippen LogP contribution is -2.22. The zero-order chi connectivity index (χ0) is 19.4. The number of ether oxygens (including phenoxy) is 1. The van der Waals surface area contributed by atoms with Gasteiger partial charge < -0.3 is 10.1 Å². The van der Waals surface area contributed by atoms with E-state index in [2.05, 4.69) is 91.1 Å². The molecule has 0 saturated heterocycles. The summed E-state index contributed by atoms with van der Waals surface area (Å²) in [6, 6.07) is 30.1. The third-order valence-electron chi connectivity index (χ3n) is 5.07. The Labute approximate surface area is 169 Å². The molecule has 0 aromatic heterocycles. The van der Waals surface area contributed by atoms with E-state index in [0.29, 0.717) is 12.6 Å². The highest BCUT2D eigenvalue weighted by Crippen LogP contribution is 2.20. The highest BCUT2D eigenvalue weighted by Gasteiger charge is 2.08. The van der Waals surface area contributed by atoms with Gasteiger partial charge in [-0.2, -0.15) is 0 Å². The molecule has 28 heavy (non-hydrogen) atoms. The first-order chi connectivity index (χ1) is 13.8. The molecule has 0 fully saturated rings. The lowest BCUT2D eigenvalue weighted by atomic mass is 10.0. The van der Waals surface area contributed by atoms with Gasteiger partial charge in [-0.15, -0.1) is 0 Å². The third kappa shape index (κ3) is 6.54. The second kappa shape index (κ2) is 11.3. The number of nitrogens with one attached hydrogen (secondary N) is 1. The van der Waals surface area contributed by atoms with Crippen molar-refractivity contribution in [3.8, 4) is 5.75 Å². The first-order valence-electron chi connectivity index (χ1n) is 10.4. The molecular weight excluding hydrogens is 342 g/mol. The van der Waals surface area contributed by atoms with Crippen molar-refractivity contribution in [3.05, 3.63) is 102 Å². The average molecular weight is 374 g/mol. The Kier molecular flexibility index (Phi) is 8.14. The molecule has 3 rings (SSSR count). The minimum Gasteiger partial charge on any atom is -0.493 e. The van der Waals surface area contributed by atoms with Crippen LogP contribution in [0.3, 0.4) is 0 Å². The van der Waals surface area contributed by atoms with Crippen LogP contribution in [0.25, 0.3) is 0 Å². The van der Waals surface area contributed by atoms with E-state index in [9.17, 15) is 0 Å². The number of rotatable bonds is 11. The van der Waals surface area contributed by atoms with Crippen LogP contribution in [0.4, 0.5) is 0 Å². The van der Waals surface area contributed by atoms with Crippen LogP contribution in [0.5, 0.6) is 5.75 Å². The van der Waals surface area contributed by atoms with E-state index < -0.39 is 0 Å². The number of hydrogen-bond acceptors (Lipinski definition) is 2. The predicted molar refractivity (Wildman–Crippen MR) is 118 cm³/mol. The van der Waals surface area contributed by atoms with Crippen molar-refractivity contribution in [2.24, 2.45) is 0 Å². The summed E-state index contributed by atoms with van der Waals surface area (Å²) in [5.41, 5.74) is 4.05. The molecule has 2 heteroatoms. The Morgan fingerprint density at radius 2 is 1.36 bits per heavy atom. The van der Waals surface area contributed by atoms with Crippen LogP contribution in [0.2, 0.25) is 0 Å². The molecule has 3 aromatic carbocycles. The molecule has 2 nitrogen and oxygen atoms in total. The molecule has 1 N–H and O–H groups in total. The van der Waals surface area contributed by atoms with Gasteiger partial charge in [0, 0.05) is 12.5 Å². The summed E-state index contributed by atoms with van der Waals surface area (Å²) in [6.07, 6.45) is 4.29.